The van der Waals surface area contributed by atoms with Gasteiger partial charge in [-0.3, -0.25) is 10.5 Å². The lowest BCUT2D eigenvalue weighted by atomic mass is 9.89. The summed E-state index contributed by atoms with van der Waals surface area (Å²) < 4.78 is 5.23. The van der Waals surface area contributed by atoms with Crippen LogP contribution in [0.1, 0.15) is 31.3 Å². The van der Waals surface area contributed by atoms with Gasteiger partial charge in [0.05, 0.1) is 5.69 Å². The molecule has 0 aliphatic rings. The van der Waals surface area contributed by atoms with E-state index in [-0.39, 0.29) is 12.5 Å². The number of rotatable bonds is 3. The summed E-state index contributed by atoms with van der Waals surface area (Å²) in [4.78, 5) is 15.3. The highest BCUT2D eigenvalue weighted by molar-refractivity contribution is 6.02. The lowest BCUT2D eigenvalue weighted by Gasteiger charge is -2.14. The smallest absolute Gasteiger partial charge is 0.184 e. The number of hydrogen-bond acceptors (Lipinski definition) is 3. The molecule has 0 saturated heterocycles. The topological polar surface area (TPSA) is 68.1 Å². The molecule has 96 valence electrons. The molecule has 2 aromatic rings. The van der Waals surface area contributed by atoms with Crippen molar-refractivity contribution in [2.24, 2.45) is 11.1 Å². The maximum Gasteiger partial charge on any atom is 0.184 e. The molecule has 0 atom stereocenters. The molecule has 4 heteroatoms. The zero-order valence-electron chi connectivity index (χ0n) is 10.9. The number of nitrogens with one attached hydrogen (secondary N) is 1. The number of fused-ring (bicyclic) bond motifs is 1. The van der Waals surface area contributed by atoms with Crippen LogP contribution in [0, 0.1) is 5.41 Å². The Morgan fingerprint density at radius 1 is 1.33 bits per heavy atom. The predicted octanol–water partition coefficient (Wildman–Crippen LogP) is 2.69. The van der Waals surface area contributed by atoms with Crippen LogP contribution in [0.15, 0.2) is 24.3 Å². The lowest BCUT2D eigenvalue weighted by molar-refractivity contribution is 0.0854. The van der Waals surface area contributed by atoms with E-state index in [0.29, 0.717) is 11.4 Å². The van der Waals surface area contributed by atoms with E-state index in [2.05, 4.69) is 4.98 Å². The van der Waals surface area contributed by atoms with Crippen LogP contribution in [-0.4, -0.2) is 17.5 Å². The number of hydrogen-bond donors (Lipinski definition) is 2. The Hall–Kier alpha value is -1.81. The van der Waals surface area contributed by atoms with Crippen LogP contribution >= 0.6 is 0 Å². The highest BCUT2D eigenvalue weighted by Crippen LogP contribution is 2.25. The first-order valence-electron chi connectivity index (χ1n) is 5.92. The molecular formula is C14H18N2O2. The highest BCUT2D eigenvalue weighted by Gasteiger charge is 2.24. The number of benzene rings is 1. The third-order valence-corrected chi connectivity index (χ3v) is 2.77. The number of Topliss-reactive ketones (excluding diaryl/α,β-unsaturated/α-hetero) is 1. The Morgan fingerprint density at radius 2 is 2.06 bits per heavy atom. The Kier molecular flexibility index (Phi) is 3.13. The first kappa shape index (κ1) is 12.6. The molecule has 0 fully saturated rings. The minimum Gasteiger partial charge on any atom is -0.479 e. The first-order valence-corrected chi connectivity index (χ1v) is 5.92. The summed E-state index contributed by atoms with van der Waals surface area (Å²) in [5.74, 6) is 0.804. The predicted molar refractivity (Wildman–Crippen MR) is 71.8 cm³/mol. The van der Waals surface area contributed by atoms with Gasteiger partial charge in [0.25, 0.3) is 0 Å². The molecule has 2 rings (SSSR count). The molecule has 4 nitrogen and oxygen atoms in total. The van der Waals surface area contributed by atoms with Gasteiger partial charge in [0.15, 0.2) is 5.78 Å². The van der Waals surface area contributed by atoms with Crippen molar-refractivity contribution < 1.29 is 9.53 Å². The van der Waals surface area contributed by atoms with Crippen LogP contribution in [-0.2, 0) is 0 Å². The van der Waals surface area contributed by atoms with Crippen LogP contribution in [0.5, 0.6) is 5.75 Å². The van der Waals surface area contributed by atoms with E-state index in [1.807, 2.05) is 45.0 Å². The molecule has 0 spiro atoms. The first-order chi connectivity index (χ1) is 8.41. The zero-order chi connectivity index (χ0) is 13.3. The van der Waals surface area contributed by atoms with Gasteiger partial charge in [-0.15, -0.1) is 0 Å². The summed E-state index contributed by atoms with van der Waals surface area (Å²) in [6.07, 6.45) is 0. The maximum atomic E-state index is 12.2. The molecule has 0 amide bonds. The SMILES string of the molecule is CC(C)(C)C(=O)c1cc2cc(OCN)ccc2[nH]1. The Bertz CT molecular complexity index is 579. The molecule has 0 radical (unpaired) electrons. The van der Waals surface area contributed by atoms with Crippen molar-refractivity contribution in [3.05, 3.63) is 30.0 Å². The summed E-state index contributed by atoms with van der Waals surface area (Å²) >= 11 is 0. The lowest BCUT2D eigenvalue weighted by Crippen LogP contribution is -2.20. The molecular weight excluding hydrogens is 228 g/mol. The Balaban J connectivity index is 2.41. The summed E-state index contributed by atoms with van der Waals surface area (Å²) in [6.45, 7) is 5.86. The van der Waals surface area contributed by atoms with Crippen molar-refractivity contribution >= 4 is 16.7 Å². The van der Waals surface area contributed by atoms with Gasteiger partial charge in [-0.2, -0.15) is 0 Å². The molecule has 18 heavy (non-hydrogen) atoms. The van der Waals surface area contributed by atoms with Crippen LogP contribution in [0.25, 0.3) is 10.9 Å². The fraction of sp³-hybridized carbons (Fsp3) is 0.357. The number of H-pyrrole nitrogens is 1. The molecule has 0 aliphatic carbocycles. The fourth-order valence-corrected chi connectivity index (χ4v) is 1.82. The highest BCUT2D eigenvalue weighted by atomic mass is 16.5. The second-order valence-corrected chi connectivity index (χ2v) is 5.32. The third-order valence-electron chi connectivity index (χ3n) is 2.77. The molecule has 0 aliphatic heterocycles. The minimum atomic E-state index is -0.391. The molecule has 1 aromatic carbocycles. The van der Waals surface area contributed by atoms with Gasteiger partial charge in [-0.1, -0.05) is 20.8 Å². The van der Waals surface area contributed by atoms with Gasteiger partial charge in [0, 0.05) is 16.3 Å². The normalized spacial score (nSPS) is 11.8. The van der Waals surface area contributed by atoms with E-state index in [0.717, 1.165) is 10.9 Å². The fourth-order valence-electron chi connectivity index (χ4n) is 1.82. The van der Waals surface area contributed by atoms with Crippen molar-refractivity contribution in [3.8, 4) is 5.75 Å². The van der Waals surface area contributed by atoms with Gasteiger partial charge >= 0.3 is 0 Å². The van der Waals surface area contributed by atoms with E-state index in [9.17, 15) is 4.79 Å². The second-order valence-electron chi connectivity index (χ2n) is 5.32. The number of carbonyl (C=O) groups excluding carboxylic acids is 1. The van der Waals surface area contributed by atoms with Crippen molar-refractivity contribution in [2.75, 3.05) is 6.73 Å². The summed E-state index contributed by atoms with van der Waals surface area (Å²) in [5, 5.41) is 0.952. The number of ketones is 1. The van der Waals surface area contributed by atoms with E-state index in [1.165, 1.54) is 0 Å². The number of carbonyl (C=O) groups is 1. The van der Waals surface area contributed by atoms with E-state index >= 15 is 0 Å². The van der Waals surface area contributed by atoms with Gasteiger partial charge in [0.1, 0.15) is 12.5 Å². The molecule has 0 saturated carbocycles. The largest absolute Gasteiger partial charge is 0.479 e. The number of aromatic amines is 1. The Morgan fingerprint density at radius 3 is 2.67 bits per heavy atom. The van der Waals surface area contributed by atoms with Crippen molar-refractivity contribution in [3.63, 3.8) is 0 Å². The molecule has 1 heterocycles. The Labute approximate surface area is 106 Å². The van der Waals surface area contributed by atoms with Gasteiger partial charge in [-0.05, 0) is 24.3 Å². The summed E-state index contributed by atoms with van der Waals surface area (Å²) in [6, 6.07) is 7.45. The molecule has 0 unspecified atom stereocenters. The summed E-state index contributed by atoms with van der Waals surface area (Å²) in [5.41, 5.74) is 6.49. The third kappa shape index (κ3) is 2.38. The standard InChI is InChI=1S/C14H18N2O2/c1-14(2,3)13(17)12-7-9-6-10(18-8-15)4-5-11(9)16-12/h4-7,16H,8,15H2,1-3H3. The maximum absolute atomic E-state index is 12.2. The van der Waals surface area contributed by atoms with E-state index in [1.54, 1.807) is 0 Å². The second kappa shape index (κ2) is 4.46. The van der Waals surface area contributed by atoms with Gasteiger partial charge < -0.3 is 9.72 Å². The quantitative estimate of drug-likeness (QED) is 0.646. The number of ether oxygens (including phenoxy) is 1. The van der Waals surface area contributed by atoms with Crippen LogP contribution in [0.2, 0.25) is 0 Å². The van der Waals surface area contributed by atoms with Gasteiger partial charge in [0.2, 0.25) is 0 Å². The number of nitrogens with two attached hydrogens (primary N) is 1. The van der Waals surface area contributed by atoms with Crippen molar-refractivity contribution in [1.82, 2.24) is 4.98 Å². The van der Waals surface area contributed by atoms with Crippen molar-refractivity contribution in [1.29, 1.82) is 0 Å². The van der Waals surface area contributed by atoms with Crippen LogP contribution < -0.4 is 10.5 Å². The average molecular weight is 246 g/mol. The zero-order valence-corrected chi connectivity index (χ0v) is 10.9. The molecule has 0 bridgehead atoms. The summed E-state index contributed by atoms with van der Waals surface area (Å²) in [7, 11) is 0. The monoisotopic (exact) mass is 246 g/mol. The van der Waals surface area contributed by atoms with Crippen LogP contribution in [0.4, 0.5) is 0 Å². The number of aromatic nitrogens is 1. The average Bonchev–Trinajstić information content (AvgIpc) is 2.70. The van der Waals surface area contributed by atoms with E-state index < -0.39 is 5.41 Å². The minimum absolute atomic E-state index is 0.0972. The van der Waals surface area contributed by atoms with Gasteiger partial charge in [-0.25, -0.2) is 0 Å². The van der Waals surface area contributed by atoms with E-state index in [4.69, 9.17) is 10.5 Å². The molecule has 1 aromatic heterocycles. The van der Waals surface area contributed by atoms with Crippen LogP contribution in [0.3, 0.4) is 0 Å². The van der Waals surface area contributed by atoms with Crippen molar-refractivity contribution in [2.45, 2.75) is 20.8 Å². The molecule has 3 N–H and O–H groups in total.